The third-order valence-corrected chi connectivity index (χ3v) is 4.46. The highest BCUT2D eigenvalue weighted by Gasteiger charge is 2.42. The van der Waals surface area contributed by atoms with Crippen molar-refractivity contribution in [2.75, 3.05) is 13.2 Å². The second-order valence-electron chi connectivity index (χ2n) is 6.38. The first-order valence-electron chi connectivity index (χ1n) is 7.70. The van der Waals surface area contributed by atoms with E-state index in [2.05, 4.69) is 37.9 Å². The minimum atomic E-state index is 0.00900. The normalized spacial score (nSPS) is 33.4. The number of amides is 1. The van der Waals surface area contributed by atoms with Crippen molar-refractivity contribution in [2.24, 2.45) is 11.8 Å². The number of hydrogen-bond acceptors (Lipinski definition) is 3. The standard InChI is InChI=1S/C15H28N2O2/c1-5-14-16-13(8-10(2)3)15(18)17(14)11(4)12-6-7-19-9-12/h10-14,16H,5-9H2,1-4H3. The summed E-state index contributed by atoms with van der Waals surface area (Å²) in [6.07, 6.45) is 3.18. The largest absolute Gasteiger partial charge is 0.381 e. The Labute approximate surface area is 116 Å². The molecule has 0 spiro atoms. The summed E-state index contributed by atoms with van der Waals surface area (Å²) in [5, 5.41) is 3.51. The minimum absolute atomic E-state index is 0.00900. The molecule has 110 valence electrons. The SMILES string of the molecule is CCC1NC(CC(C)C)C(=O)N1C(C)C1CCOC1. The van der Waals surface area contributed by atoms with Crippen LogP contribution in [-0.2, 0) is 9.53 Å². The van der Waals surface area contributed by atoms with E-state index < -0.39 is 0 Å². The van der Waals surface area contributed by atoms with E-state index in [-0.39, 0.29) is 18.2 Å². The Balaban J connectivity index is 2.06. The average Bonchev–Trinajstić information content (AvgIpc) is 2.97. The van der Waals surface area contributed by atoms with Crippen LogP contribution in [0.3, 0.4) is 0 Å². The van der Waals surface area contributed by atoms with Gasteiger partial charge in [-0.1, -0.05) is 20.8 Å². The predicted octanol–water partition coefficient (Wildman–Crippen LogP) is 1.99. The van der Waals surface area contributed by atoms with Crippen molar-refractivity contribution in [3.63, 3.8) is 0 Å². The smallest absolute Gasteiger partial charge is 0.241 e. The molecular weight excluding hydrogens is 240 g/mol. The lowest BCUT2D eigenvalue weighted by atomic mass is 9.98. The van der Waals surface area contributed by atoms with Crippen LogP contribution in [-0.4, -0.2) is 42.3 Å². The Kier molecular flexibility index (Phi) is 4.85. The summed E-state index contributed by atoms with van der Waals surface area (Å²) in [5.41, 5.74) is 0. The Bertz CT molecular complexity index is 313. The molecule has 4 heteroatoms. The molecule has 4 unspecified atom stereocenters. The maximum absolute atomic E-state index is 12.6. The Morgan fingerprint density at radius 2 is 2.16 bits per heavy atom. The molecule has 1 amide bonds. The second kappa shape index (κ2) is 6.23. The molecule has 19 heavy (non-hydrogen) atoms. The van der Waals surface area contributed by atoms with Gasteiger partial charge in [-0.15, -0.1) is 0 Å². The molecule has 0 bridgehead atoms. The Morgan fingerprint density at radius 3 is 2.68 bits per heavy atom. The summed E-state index contributed by atoms with van der Waals surface area (Å²) >= 11 is 0. The zero-order chi connectivity index (χ0) is 14.0. The van der Waals surface area contributed by atoms with Crippen LogP contribution in [0.4, 0.5) is 0 Å². The topological polar surface area (TPSA) is 41.6 Å². The molecule has 0 aromatic rings. The van der Waals surface area contributed by atoms with Gasteiger partial charge in [0.05, 0.1) is 18.8 Å². The highest BCUT2D eigenvalue weighted by atomic mass is 16.5. The van der Waals surface area contributed by atoms with Crippen molar-refractivity contribution >= 4 is 5.91 Å². The van der Waals surface area contributed by atoms with Gasteiger partial charge < -0.3 is 9.64 Å². The summed E-state index contributed by atoms with van der Waals surface area (Å²) in [6.45, 7) is 10.3. The van der Waals surface area contributed by atoms with Crippen molar-refractivity contribution in [3.8, 4) is 0 Å². The lowest BCUT2D eigenvalue weighted by molar-refractivity contribution is -0.133. The molecule has 0 aromatic heterocycles. The molecule has 4 nitrogen and oxygen atoms in total. The van der Waals surface area contributed by atoms with Gasteiger partial charge in [-0.3, -0.25) is 10.1 Å². The van der Waals surface area contributed by atoms with Crippen LogP contribution in [0.5, 0.6) is 0 Å². The summed E-state index contributed by atoms with van der Waals surface area (Å²) in [6, 6.07) is 0.291. The van der Waals surface area contributed by atoms with Gasteiger partial charge in [0.2, 0.25) is 5.91 Å². The number of nitrogens with zero attached hydrogens (tertiary/aromatic N) is 1. The average molecular weight is 268 g/mol. The molecule has 2 fully saturated rings. The zero-order valence-electron chi connectivity index (χ0n) is 12.7. The minimum Gasteiger partial charge on any atom is -0.381 e. The molecule has 2 saturated heterocycles. The van der Waals surface area contributed by atoms with Crippen LogP contribution < -0.4 is 5.32 Å². The number of nitrogens with one attached hydrogen (secondary N) is 1. The van der Waals surface area contributed by atoms with Crippen LogP contribution >= 0.6 is 0 Å². The van der Waals surface area contributed by atoms with E-state index in [1.807, 2.05) is 0 Å². The van der Waals surface area contributed by atoms with E-state index >= 15 is 0 Å². The molecule has 0 saturated carbocycles. The highest BCUT2D eigenvalue weighted by Crippen LogP contribution is 2.27. The van der Waals surface area contributed by atoms with E-state index in [9.17, 15) is 4.79 Å². The molecule has 1 N–H and O–H groups in total. The molecule has 0 radical (unpaired) electrons. The van der Waals surface area contributed by atoms with Crippen molar-refractivity contribution < 1.29 is 9.53 Å². The number of carbonyl (C=O) groups is 1. The van der Waals surface area contributed by atoms with Crippen LogP contribution in [0.2, 0.25) is 0 Å². The monoisotopic (exact) mass is 268 g/mol. The fourth-order valence-corrected chi connectivity index (χ4v) is 3.32. The summed E-state index contributed by atoms with van der Waals surface area (Å²) in [7, 11) is 0. The Hall–Kier alpha value is -0.610. The second-order valence-corrected chi connectivity index (χ2v) is 6.38. The summed E-state index contributed by atoms with van der Waals surface area (Å²) < 4.78 is 5.47. The molecule has 2 heterocycles. The van der Waals surface area contributed by atoms with E-state index in [0.717, 1.165) is 32.5 Å². The maximum atomic E-state index is 12.6. The van der Waals surface area contributed by atoms with Crippen LogP contribution in [0.25, 0.3) is 0 Å². The molecule has 4 atom stereocenters. The summed E-state index contributed by atoms with van der Waals surface area (Å²) in [5.74, 6) is 1.33. The van der Waals surface area contributed by atoms with Crippen LogP contribution in [0.1, 0.15) is 47.0 Å². The van der Waals surface area contributed by atoms with Gasteiger partial charge in [-0.05, 0) is 32.1 Å². The molecule has 0 aliphatic carbocycles. The third-order valence-electron chi connectivity index (χ3n) is 4.46. The number of carbonyl (C=O) groups excluding carboxylic acids is 1. The number of rotatable bonds is 5. The van der Waals surface area contributed by atoms with Gasteiger partial charge in [0.1, 0.15) is 0 Å². The molecule has 2 aliphatic rings. The van der Waals surface area contributed by atoms with Crippen molar-refractivity contribution in [1.82, 2.24) is 10.2 Å². The fourth-order valence-electron chi connectivity index (χ4n) is 3.32. The summed E-state index contributed by atoms with van der Waals surface area (Å²) in [4.78, 5) is 14.7. The first-order chi connectivity index (χ1) is 9.04. The highest BCUT2D eigenvalue weighted by molar-refractivity contribution is 5.84. The van der Waals surface area contributed by atoms with E-state index in [1.54, 1.807) is 0 Å². The van der Waals surface area contributed by atoms with Crippen molar-refractivity contribution in [1.29, 1.82) is 0 Å². The Morgan fingerprint density at radius 1 is 1.42 bits per heavy atom. The van der Waals surface area contributed by atoms with Crippen LogP contribution in [0, 0.1) is 11.8 Å². The molecule has 2 rings (SSSR count). The van der Waals surface area contributed by atoms with Gasteiger partial charge in [-0.2, -0.15) is 0 Å². The first-order valence-corrected chi connectivity index (χ1v) is 7.70. The zero-order valence-corrected chi connectivity index (χ0v) is 12.7. The lowest BCUT2D eigenvalue weighted by Crippen LogP contribution is -2.46. The molecule has 0 aromatic carbocycles. The van der Waals surface area contributed by atoms with Gasteiger partial charge in [0, 0.05) is 18.6 Å². The first kappa shape index (κ1) is 14.8. The number of ether oxygens (including phenoxy) is 1. The van der Waals surface area contributed by atoms with Gasteiger partial charge in [0.15, 0.2) is 0 Å². The van der Waals surface area contributed by atoms with Gasteiger partial charge >= 0.3 is 0 Å². The quantitative estimate of drug-likeness (QED) is 0.829. The lowest BCUT2D eigenvalue weighted by Gasteiger charge is -2.33. The van der Waals surface area contributed by atoms with E-state index in [4.69, 9.17) is 4.74 Å². The predicted molar refractivity (Wildman–Crippen MR) is 75.7 cm³/mol. The van der Waals surface area contributed by atoms with E-state index in [1.165, 1.54) is 0 Å². The van der Waals surface area contributed by atoms with E-state index in [0.29, 0.717) is 17.7 Å². The maximum Gasteiger partial charge on any atom is 0.241 e. The van der Waals surface area contributed by atoms with Crippen LogP contribution in [0.15, 0.2) is 0 Å². The van der Waals surface area contributed by atoms with Gasteiger partial charge in [0.25, 0.3) is 0 Å². The molecular formula is C15H28N2O2. The van der Waals surface area contributed by atoms with Crippen molar-refractivity contribution in [2.45, 2.75) is 65.2 Å². The third kappa shape index (κ3) is 3.11. The fraction of sp³-hybridized carbons (Fsp3) is 0.933. The van der Waals surface area contributed by atoms with Gasteiger partial charge in [-0.25, -0.2) is 0 Å². The molecule has 2 aliphatic heterocycles. The van der Waals surface area contributed by atoms with Crippen molar-refractivity contribution in [3.05, 3.63) is 0 Å². The number of hydrogen-bond donors (Lipinski definition) is 1.